The molecule has 7 nitrogen and oxygen atoms in total. The van der Waals surface area contributed by atoms with Crippen molar-refractivity contribution in [3.05, 3.63) is 52.2 Å². The van der Waals surface area contributed by atoms with Gasteiger partial charge in [0.1, 0.15) is 11.2 Å². The van der Waals surface area contributed by atoms with E-state index >= 15 is 0 Å². The summed E-state index contributed by atoms with van der Waals surface area (Å²) in [7, 11) is 0. The maximum absolute atomic E-state index is 13.1. The number of benzene rings is 1. The Morgan fingerprint density at radius 2 is 1.90 bits per heavy atom. The number of anilines is 1. The van der Waals surface area contributed by atoms with E-state index in [-0.39, 0.29) is 23.0 Å². The summed E-state index contributed by atoms with van der Waals surface area (Å²) in [6.07, 6.45) is 3.47. The molecule has 154 valence electrons. The molecule has 3 heterocycles. The van der Waals surface area contributed by atoms with Crippen LogP contribution < -0.4 is 10.9 Å². The average Bonchev–Trinajstić information content (AvgIpc) is 3.10. The fourth-order valence-electron chi connectivity index (χ4n) is 3.75. The number of hydrogen-bond donors (Lipinski definition) is 2. The van der Waals surface area contributed by atoms with E-state index in [9.17, 15) is 9.18 Å². The lowest BCUT2D eigenvalue weighted by Gasteiger charge is -2.32. The minimum absolute atomic E-state index is 0.179. The van der Waals surface area contributed by atoms with Gasteiger partial charge in [-0.2, -0.15) is 10.1 Å². The molecule has 0 aliphatic carbocycles. The molecular formula is C21H27FN6O. The summed E-state index contributed by atoms with van der Waals surface area (Å²) in [6, 6.07) is 6.92. The predicted molar refractivity (Wildman–Crippen MR) is 111 cm³/mol. The summed E-state index contributed by atoms with van der Waals surface area (Å²) < 4.78 is 14.8. The highest BCUT2D eigenvalue weighted by molar-refractivity contribution is 5.74. The van der Waals surface area contributed by atoms with Crippen LogP contribution in [0.15, 0.2) is 35.3 Å². The molecule has 1 aromatic carbocycles. The van der Waals surface area contributed by atoms with Gasteiger partial charge < -0.3 is 5.32 Å². The van der Waals surface area contributed by atoms with E-state index in [4.69, 9.17) is 0 Å². The summed E-state index contributed by atoms with van der Waals surface area (Å²) in [5.74, 6) is 0.286. The van der Waals surface area contributed by atoms with Crippen molar-refractivity contribution in [2.45, 2.75) is 51.7 Å². The van der Waals surface area contributed by atoms with Crippen LogP contribution in [0.5, 0.6) is 0 Å². The molecule has 3 aromatic rings. The molecule has 0 saturated carbocycles. The van der Waals surface area contributed by atoms with Crippen molar-refractivity contribution in [2.75, 3.05) is 18.4 Å². The first kappa shape index (κ1) is 19.6. The molecule has 4 rings (SSSR count). The van der Waals surface area contributed by atoms with Crippen LogP contribution in [0, 0.1) is 5.82 Å². The van der Waals surface area contributed by atoms with Gasteiger partial charge in [0, 0.05) is 25.7 Å². The van der Waals surface area contributed by atoms with Gasteiger partial charge in [0.05, 0.1) is 11.7 Å². The van der Waals surface area contributed by atoms with E-state index in [1.165, 1.54) is 12.1 Å². The van der Waals surface area contributed by atoms with Crippen LogP contribution in [0.4, 0.5) is 10.3 Å². The lowest BCUT2D eigenvalue weighted by molar-refractivity contribution is 0.211. The van der Waals surface area contributed by atoms with Crippen molar-refractivity contribution < 1.29 is 4.39 Å². The fourth-order valence-corrected chi connectivity index (χ4v) is 3.75. The number of rotatable bonds is 4. The molecule has 1 aliphatic rings. The number of nitrogens with zero attached hydrogens (tertiary/aromatic N) is 4. The molecule has 2 N–H and O–H groups in total. The predicted octanol–water partition coefficient (Wildman–Crippen LogP) is 3.09. The van der Waals surface area contributed by atoms with E-state index in [0.29, 0.717) is 17.0 Å². The zero-order valence-corrected chi connectivity index (χ0v) is 17.1. The van der Waals surface area contributed by atoms with Gasteiger partial charge in [-0.15, -0.1) is 0 Å². The van der Waals surface area contributed by atoms with Gasteiger partial charge in [0.25, 0.3) is 5.56 Å². The smallest absolute Gasteiger partial charge is 0.263 e. The van der Waals surface area contributed by atoms with Crippen molar-refractivity contribution in [3.8, 4) is 0 Å². The van der Waals surface area contributed by atoms with Crippen LogP contribution in [-0.4, -0.2) is 43.8 Å². The number of halogens is 1. The molecule has 2 aromatic heterocycles. The number of likely N-dealkylation sites (tertiary alicyclic amines) is 1. The van der Waals surface area contributed by atoms with Gasteiger partial charge in [-0.3, -0.25) is 14.7 Å². The quantitative estimate of drug-likeness (QED) is 0.706. The third-order valence-corrected chi connectivity index (χ3v) is 5.32. The van der Waals surface area contributed by atoms with E-state index in [2.05, 4.69) is 25.3 Å². The molecule has 0 spiro atoms. The van der Waals surface area contributed by atoms with Crippen molar-refractivity contribution in [3.63, 3.8) is 0 Å². The number of H-pyrrole nitrogens is 1. The third-order valence-electron chi connectivity index (χ3n) is 5.32. The Labute approximate surface area is 168 Å². The molecule has 1 fully saturated rings. The summed E-state index contributed by atoms with van der Waals surface area (Å²) in [4.78, 5) is 22.3. The molecule has 0 bridgehead atoms. The molecule has 0 amide bonds. The van der Waals surface area contributed by atoms with Crippen molar-refractivity contribution >= 4 is 17.0 Å². The lowest BCUT2D eigenvalue weighted by atomic mass is 10.0. The summed E-state index contributed by atoms with van der Waals surface area (Å²) in [6.45, 7) is 8.78. The van der Waals surface area contributed by atoms with Crippen molar-refractivity contribution in [1.29, 1.82) is 0 Å². The van der Waals surface area contributed by atoms with E-state index in [1.807, 2.05) is 32.9 Å². The number of aromatic nitrogens is 4. The van der Waals surface area contributed by atoms with Crippen molar-refractivity contribution in [2.24, 2.45) is 0 Å². The van der Waals surface area contributed by atoms with Crippen LogP contribution >= 0.6 is 0 Å². The van der Waals surface area contributed by atoms with E-state index in [1.54, 1.807) is 10.9 Å². The number of hydrogen-bond acceptors (Lipinski definition) is 5. The van der Waals surface area contributed by atoms with Gasteiger partial charge in [0.2, 0.25) is 5.95 Å². The number of aromatic amines is 1. The van der Waals surface area contributed by atoms with Crippen molar-refractivity contribution in [1.82, 2.24) is 24.6 Å². The first-order valence-electron chi connectivity index (χ1n) is 10.0. The Morgan fingerprint density at radius 3 is 2.55 bits per heavy atom. The molecular weight excluding hydrogens is 371 g/mol. The minimum Gasteiger partial charge on any atom is -0.353 e. The fraction of sp³-hybridized carbons (Fsp3) is 0.476. The van der Waals surface area contributed by atoms with Crippen LogP contribution in [0.1, 0.15) is 39.2 Å². The zero-order valence-electron chi connectivity index (χ0n) is 17.1. The standard InChI is InChI=1S/C21H27FN6O/c1-21(2,3)28-18-17(12-23-28)19(29)26-20(25-18)24-16-8-10-27(11-9-16)13-14-4-6-15(22)7-5-14/h4-7,12,16H,8-11,13H2,1-3H3,(H2,24,25,26,29). The molecule has 8 heteroatoms. The van der Waals surface area contributed by atoms with Gasteiger partial charge in [0.15, 0.2) is 5.65 Å². The first-order chi connectivity index (χ1) is 13.8. The normalized spacial score (nSPS) is 16.4. The molecule has 1 saturated heterocycles. The number of nitrogens with one attached hydrogen (secondary N) is 2. The van der Waals surface area contributed by atoms with Crippen LogP contribution in [0.2, 0.25) is 0 Å². The highest BCUT2D eigenvalue weighted by Gasteiger charge is 2.22. The second-order valence-corrected chi connectivity index (χ2v) is 8.70. The second-order valence-electron chi connectivity index (χ2n) is 8.70. The molecule has 0 radical (unpaired) electrons. The SMILES string of the molecule is CC(C)(C)n1ncc2c(=O)[nH]c(NC3CCN(Cc4ccc(F)cc4)CC3)nc21. The number of fused-ring (bicyclic) bond motifs is 1. The summed E-state index contributed by atoms with van der Waals surface area (Å²) in [5, 5.41) is 8.24. The van der Waals surface area contributed by atoms with E-state index < -0.39 is 0 Å². The van der Waals surface area contributed by atoms with Gasteiger partial charge >= 0.3 is 0 Å². The van der Waals surface area contributed by atoms with E-state index in [0.717, 1.165) is 38.0 Å². The highest BCUT2D eigenvalue weighted by atomic mass is 19.1. The lowest BCUT2D eigenvalue weighted by Crippen LogP contribution is -2.39. The maximum atomic E-state index is 13.1. The minimum atomic E-state index is -0.258. The van der Waals surface area contributed by atoms with Crippen LogP contribution in [0.3, 0.4) is 0 Å². The van der Waals surface area contributed by atoms with Gasteiger partial charge in [-0.25, -0.2) is 9.07 Å². The third kappa shape index (κ3) is 4.32. The topological polar surface area (TPSA) is 78.8 Å². The Kier molecular flexibility index (Phi) is 5.12. The summed E-state index contributed by atoms with van der Waals surface area (Å²) >= 11 is 0. The maximum Gasteiger partial charge on any atom is 0.263 e. The second kappa shape index (κ2) is 7.59. The molecule has 29 heavy (non-hydrogen) atoms. The Morgan fingerprint density at radius 1 is 1.21 bits per heavy atom. The average molecular weight is 398 g/mol. The molecule has 0 atom stereocenters. The van der Waals surface area contributed by atoms with Crippen LogP contribution in [-0.2, 0) is 12.1 Å². The molecule has 1 aliphatic heterocycles. The number of piperidine rings is 1. The highest BCUT2D eigenvalue weighted by Crippen LogP contribution is 2.20. The van der Waals surface area contributed by atoms with Gasteiger partial charge in [-0.1, -0.05) is 12.1 Å². The monoisotopic (exact) mass is 398 g/mol. The largest absolute Gasteiger partial charge is 0.353 e. The first-order valence-corrected chi connectivity index (χ1v) is 10.0. The zero-order chi connectivity index (χ0) is 20.6. The molecule has 0 unspecified atom stereocenters. The Balaban J connectivity index is 1.42. The van der Waals surface area contributed by atoms with Gasteiger partial charge in [-0.05, 0) is 51.3 Å². The van der Waals surface area contributed by atoms with Crippen LogP contribution in [0.25, 0.3) is 11.0 Å². The Hall–Kier alpha value is -2.74. The summed E-state index contributed by atoms with van der Waals surface area (Å²) in [5.41, 5.74) is 1.27. The Bertz CT molecular complexity index is 1040.